The molecule has 0 aliphatic rings. The summed E-state index contributed by atoms with van der Waals surface area (Å²) in [5.41, 5.74) is -1.50. The third-order valence-electron chi connectivity index (χ3n) is 2.84. The van der Waals surface area contributed by atoms with Gasteiger partial charge in [-0.2, -0.15) is 0 Å². The van der Waals surface area contributed by atoms with Gasteiger partial charge in [-0.15, -0.1) is 0 Å². The maximum Gasteiger partial charge on any atom is 0.338 e. The molecule has 20 heavy (non-hydrogen) atoms. The quantitative estimate of drug-likeness (QED) is 0.578. The molecule has 100 valence electrons. The molecule has 3 rings (SSSR count). The van der Waals surface area contributed by atoms with Crippen LogP contribution in [0.1, 0.15) is 10.4 Å². The molecule has 0 spiro atoms. The third kappa shape index (κ3) is 1.81. The minimum Gasteiger partial charge on any atom is -0.478 e. The van der Waals surface area contributed by atoms with Crippen molar-refractivity contribution in [3.8, 4) is 0 Å². The van der Waals surface area contributed by atoms with Crippen molar-refractivity contribution in [2.75, 3.05) is 0 Å². The minimum atomic E-state index is -1.25. The van der Waals surface area contributed by atoms with E-state index in [2.05, 4.69) is 25.9 Å². The molecule has 3 N–H and O–H groups in total. The summed E-state index contributed by atoms with van der Waals surface area (Å²) in [6.07, 6.45) is 0. The smallest absolute Gasteiger partial charge is 0.338 e. The lowest BCUT2D eigenvalue weighted by Gasteiger charge is -2.06. The first-order valence-electron chi connectivity index (χ1n) is 5.46. The number of carboxylic acids is 1. The highest BCUT2D eigenvalue weighted by molar-refractivity contribution is 9.10. The molecule has 3 aromatic rings. The Bertz CT molecular complexity index is 990. The number of hydrogen-bond acceptors (Lipinski definition) is 4. The Morgan fingerprint density at radius 3 is 2.70 bits per heavy atom. The predicted molar refractivity (Wildman–Crippen MR) is 75.1 cm³/mol. The summed E-state index contributed by atoms with van der Waals surface area (Å²) in [5.74, 6) is -1.25. The number of fused-ring (bicyclic) bond motifs is 2. The Balaban J connectivity index is 2.70. The number of nitrogens with one attached hydrogen (secondary N) is 2. The Hall–Kier alpha value is -2.48. The largest absolute Gasteiger partial charge is 0.478 e. The van der Waals surface area contributed by atoms with Crippen molar-refractivity contribution in [1.82, 2.24) is 15.0 Å². The number of rotatable bonds is 1. The van der Waals surface area contributed by atoms with Gasteiger partial charge >= 0.3 is 11.7 Å². The normalized spacial score (nSPS) is 11.1. The van der Waals surface area contributed by atoms with Crippen LogP contribution in [0.4, 0.5) is 0 Å². The summed E-state index contributed by atoms with van der Waals surface area (Å²) < 4.78 is 0.667. The molecule has 0 aliphatic heterocycles. The molecule has 0 amide bonds. The van der Waals surface area contributed by atoms with Gasteiger partial charge in [0.25, 0.3) is 5.56 Å². The molecule has 2 aromatic heterocycles. The average Bonchev–Trinajstić information content (AvgIpc) is 2.36. The van der Waals surface area contributed by atoms with Gasteiger partial charge in [0.05, 0.1) is 16.6 Å². The van der Waals surface area contributed by atoms with E-state index in [1.807, 2.05) is 4.98 Å². The predicted octanol–water partition coefficient (Wildman–Crippen LogP) is 1.23. The number of benzene rings is 1. The number of carboxylic acid groups (broad SMARTS) is 1. The lowest BCUT2D eigenvalue weighted by Crippen LogP contribution is -2.24. The Kier molecular flexibility index (Phi) is 2.68. The molecule has 0 atom stereocenters. The number of aromatic carboxylic acids is 1. The molecule has 0 aliphatic carbocycles. The maximum atomic E-state index is 11.7. The standard InChI is InChI=1S/C12H6BrN3O4/c13-4-1-2-6-5(3-4)7(11(18)19)8-9(14-6)10(17)16-12(20)15-8/h1-3H,(H,18,19)(H2,15,16,17,20). The Labute approximate surface area is 118 Å². The first-order valence-corrected chi connectivity index (χ1v) is 6.25. The average molecular weight is 336 g/mol. The molecule has 0 fully saturated rings. The van der Waals surface area contributed by atoms with Crippen LogP contribution in [0.2, 0.25) is 0 Å². The summed E-state index contributed by atoms with van der Waals surface area (Å²) in [4.78, 5) is 43.0. The highest BCUT2D eigenvalue weighted by atomic mass is 79.9. The zero-order valence-electron chi connectivity index (χ0n) is 9.73. The summed E-state index contributed by atoms with van der Waals surface area (Å²) in [6, 6.07) is 4.85. The second kappa shape index (κ2) is 4.27. The van der Waals surface area contributed by atoms with Gasteiger partial charge < -0.3 is 10.1 Å². The summed E-state index contributed by atoms with van der Waals surface area (Å²) in [7, 11) is 0. The monoisotopic (exact) mass is 335 g/mol. The van der Waals surface area contributed by atoms with Crippen molar-refractivity contribution >= 4 is 43.8 Å². The molecule has 2 heterocycles. The second-order valence-corrected chi connectivity index (χ2v) is 5.00. The van der Waals surface area contributed by atoms with E-state index in [-0.39, 0.29) is 16.6 Å². The van der Waals surface area contributed by atoms with E-state index in [4.69, 9.17) is 0 Å². The molecule has 1 aromatic carbocycles. The van der Waals surface area contributed by atoms with Gasteiger partial charge in [-0.05, 0) is 18.2 Å². The van der Waals surface area contributed by atoms with Crippen LogP contribution >= 0.6 is 15.9 Å². The van der Waals surface area contributed by atoms with Gasteiger partial charge in [-0.3, -0.25) is 9.78 Å². The molecular weight excluding hydrogens is 330 g/mol. The lowest BCUT2D eigenvalue weighted by molar-refractivity contribution is 0.0701. The van der Waals surface area contributed by atoms with Crippen LogP contribution in [0, 0.1) is 0 Å². The molecule has 0 radical (unpaired) electrons. The molecule has 7 nitrogen and oxygen atoms in total. The van der Waals surface area contributed by atoms with Gasteiger partial charge in [0.2, 0.25) is 0 Å². The second-order valence-electron chi connectivity index (χ2n) is 4.09. The SMILES string of the molecule is O=C(O)c1c2cc(Br)ccc2nc2c(=O)[nH]c(=O)[nH]c12. The van der Waals surface area contributed by atoms with Gasteiger partial charge in [0, 0.05) is 9.86 Å². The van der Waals surface area contributed by atoms with E-state index in [1.54, 1.807) is 18.2 Å². The van der Waals surface area contributed by atoms with Crippen LogP contribution in [0.25, 0.3) is 21.9 Å². The first-order chi connectivity index (χ1) is 9.47. The number of nitrogens with zero attached hydrogens (tertiary/aromatic N) is 1. The fraction of sp³-hybridized carbons (Fsp3) is 0. The van der Waals surface area contributed by atoms with E-state index >= 15 is 0 Å². The molecule has 0 saturated carbocycles. The van der Waals surface area contributed by atoms with E-state index in [1.165, 1.54) is 0 Å². The van der Waals surface area contributed by atoms with Crippen molar-refractivity contribution < 1.29 is 9.90 Å². The topological polar surface area (TPSA) is 116 Å². The number of halogens is 1. The van der Waals surface area contributed by atoms with Gasteiger partial charge in [0.1, 0.15) is 0 Å². The maximum absolute atomic E-state index is 11.7. The number of carbonyl (C=O) groups is 1. The molecule has 0 unspecified atom stereocenters. The van der Waals surface area contributed by atoms with E-state index in [0.29, 0.717) is 15.4 Å². The van der Waals surface area contributed by atoms with E-state index < -0.39 is 17.2 Å². The Morgan fingerprint density at radius 1 is 1.25 bits per heavy atom. The summed E-state index contributed by atoms with van der Waals surface area (Å²) >= 11 is 3.25. The van der Waals surface area contributed by atoms with Crippen molar-refractivity contribution in [2.24, 2.45) is 0 Å². The van der Waals surface area contributed by atoms with Crippen LogP contribution in [-0.4, -0.2) is 26.0 Å². The van der Waals surface area contributed by atoms with E-state index in [9.17, 15) is 19.5 Å². The highest BCUT2D eigenvalue weighted by Gasteiger charge is 2.18. The highest BCUT2D eigenvalue weighted by Crippen LogP contribution is 2.25. The zero-order valence-corrected chi connectivity index (χ0v) is 11.3. The van der Waals surface area contributed by atoms with Crippen LogP contribution in [0.5, 0.6) is 0 Å². The Morgan fingerprint density at radius 2 is 2.00 bits per heavy atom. The number of aromatic amines is 2. The van der Waals surface area contributed by atoms with Crippen molar-refractivity contribution in [2.45, 2.75) is 0 Å². The van der Waals surface area contributed by atoms with Gasteiger partial charge in [0.15, 0.2) is 5.52 Å². The number of pyridine rings is 1. The fourth-order valence-corrected chi connectivity index (χ4v) is 2.41. The summed E-state index contributed by atoms with van der Waals surface area (Å²) in [5, 5.41) is 9.71. The first kappa shape index (κ1) is 12.5. The number of H-pyrrole nitrogens is 2. The van der Waals surface area contributed by atoms with Crippen molar-refractivity contribution in [1.29, 1.82) is 0 Å². The number of hydrogen-bond donors (Lipinski definition) is 3. The van der Waals surface area contributed by atoms with Gasteiger partial charge in [-0.25, -0.2) is 14.6 Å². The molecular formula is C12H6BrN3O4. The van der Waals surface area contributed by atoms with Crippen LogP contribution in [0.15, 0.2) is 32.3 Å². The summed E-state index contributed by atoms with van der Waals surface area (Å²) in [6.45, 7) is 0. The van der Waals surface area contributed by atoms with Crippen LogP contribution in [0.3, 0.4) is 0 Å². The zero-order chi connectivity index (χ0) is 14.4. The van der Waals surface area contributed by atoms with Crippen LogP contribution in [-0.2, 0) is 0 Å². The number of aromatic nitrogens is 3. The van der Waals surface area contributed by atoms with E-state index in [0.717, 1.165) is 0 Å². The molecule has 0 saturated heterocycles. The van der Waals surface area contributed by atoms with Gasteiger partial charge in [-0.1, -0.05) is 15.9 Å². The lowest BCUT2D eigenvalue weighted by atomic mass is 10.1. The third-order valence-corrected chi connectivity index (χ3v) is 3.33. The molecule has 0 bridgehead atoms. The fourth-order valence-electron chi connectivity index (χ4n) is 2.05. The van der Waals surface area contributed by atoms with Crippen molar-refractivity contribution in [3.05, 3.63) is 49.1 Å². The minimum absolute atomic E-state index is 0.0862. The molecule has 8 heteroatoms. The van der Waals surface area contributed by atoms with Crippen LogP contribution < -0.4 is 11.2 Å². The van der Waals surface area contributed by atoms with Crippen molar-refractivity contribution in [3.63, 3.8) is 0 Å².